The van der Waals surface area contributed by atoms with Crippen LogP contribution in [0.1, 0.15) is 35.2 Å². The Bertz CT molecular complexity index is 1250. The van der Waals surface area contributed by atoms with Crippen LogP contribution in [0.3, 0.4) is 0 Å². The van der Waals surface area contributed by atoms with Crippen LogP contribution in [0, 0.1) is 5.82 Å². The van der Waals surface area contributed by atoms with Crippen molar-refractivity contribution in [3.05, 3.63) is 89.7 Å². The van der Waals surface area contributed by atoms with Gasteiger partial charge in [0, 0.05) is 23.4 Å². The van der Waals surface area contributed by atoms with E-state index in [4.69, 9.17) is 4.74 Å². The third-order valence-electron chi connectivity index (χ3n) is 6.88. The lowest BCUT2D eigenvalue weighted by Crippen LogP contribution is -2.40. The average Bonchev–Trinajstić information content (AvgIpc) is 3.41. The number of carbonyl (C=O) groups excluding carboxylic acids is 2. The number of ether oxygens (including phenoxy) is 1. The largest absolute Gasteiger partial charge is 0.449 e. The molecule has 6 rings (SSSR count). The molecule has 1 unspecified atom stereocenters. The van der Waals surface area contributed by atoms with E-state index >= 15 is 0 Å². The lowest BCUT2D eigenvalue weighted by atomic mass is 9.91. The van der Waals surface area contributed by atoms with Crippen LogP contribution in [0.4, 0.5) is 4.39 Å². The number of thioether (sulfide) groups is 1. The third-order valence-corrected chi connectivity index (χ3v) is 8.37. The second-order valence-corrected chi connectivity index (χ2v) is 10.5. The highest BCUT2D eigenvalue weighted by Crippen LogP contribution is 2.54. The SMILES string of the molecule is O=C1OC2(CCN(C(=O)C3(Sc4ccc(-c5ccc(F)cc5)cc4)CC3)C2)c2ccccc21. The molecule has 3 aromatic rings. The van der Waals surface area contributed by atoms with Gasteiger partial charge < -0.3 is 9.64 Å². The highest BCUT2D eigenvalue weighted by Gasteiger charge is 2.57. The smallest absolute Gasteiger partial charge is 0.339 e. The van der Waals surface area contributed by atoms with Gasteiger partial charge in [-0.2, -0.15) is 0 Å². The molecule has 1 saturated heterocycles. The molecular formula is C27H22FNO3S. The molecule has 1 amide bonds. The van der Waals surface area contributed by atoms with Gasteiger partial charge in [-0.05, 0) is 54.3 Å². The van der Waals surface area contributed by atoms with Gasteiger partial charge in [0.1, 0.15) is 5.82 Å². The number of amides is 1. The Morgan fingerprint density at radius 1 is 0.909 bits per heavy atom. The molecule has 6 heteroatoms. The maximum absolute atomic E-state index is 13.5. The first-order chi connectivity index (χ1) is 16.0. The van der Waals surface area contributed by atoms with Gasteiger partial charge in [0.25, 0.3) is 0 Å². The van der Waals surface area contributed by atoms with E-state index in [9.17, 15) is 14.0 Å². The van der Waals surface area contributed by atoms with Gasteiger partial charge in [-0.1, -0.05) is 42.5 Å². The van der Waals surface area contributed by atoms with Crippen molar-refractivity contribution in [3.63, 3.8) is 0 Å². The molecule has 2 heterocycles. The zero-order valence-corrected chi connectivity index (χ0v) is 18.7. The van der Waals surface area contributed by atoms with Crippen molar-refractivity contribution in [1.82, 2.24) is 4.90 Å². The third kappa shape index (κ3) is 3.44. The highest BCUT2D eigenvalue weighted by molar-refractivity contribution is 8.01. The van der Waals surface area contributed by atoms with Crippen molar-refractivity contribution >= 4 is 23.6 Å². The van der Waals surface area contributed by atoms with Crippen LogP contribution in [0.15, 0.2) is 77.7 Å². The minimum Gasteiger partial charge on any atom is -0.449 e. The molecule has 4 nitrogen and oxygen atoms in total. The Morgan fingerprint density at radius 3 is 2.27 bits per heavy atom. The maximum atomic E-state index is 13.5. The maximum Gasteiger partial charge on any atom is 0.339 e. The lowest BCUT2D eigenvalue weighted by molar-refractivity contribution is -0.131. The monoisotopic (exact) mass is 459 g/mol. The van der Waals surface area contributed by atoms with Gasteiger partial charge >= 0.3 is 5.97 Å². The first-order valence-corrected chi connectivity index (χ1v) is 12.0. The number of carbonyl (C=O) groups is 2. The van der Waals surface area contributed by atoms with E-state index in [-0.39, 0.29) is 17.7 Å². The van der Waals surface area contributed by atoms with Crippen LogP contribution in [0.25, 0.3) is 11.1 Å². The van der Waals surface area contributed by atoms with Crippen molar-refractivity contribution in [2.24, 2.45) is 0 Å². The minimum atomic E-state index is -0.707. The summed E-state index contributed by atoms with van der Waals surface area (Å²) in [5.74, 6) is -0.413. The van der Waals surface area contributed by atoms with Crippen molar-refractivity contribution < 1.29 is 18.7 Å². The molecule has 0 aromatic heterocycles. The predicted molar refractivity (Wildman–Crippen MR) is 124 cm³/mol. The lowest BCUT2D eigenvalue weighted by Gasteiger charge is -2.26. The molecule has 1 saturated carbocycles. The second kappa shape index (κ2) is 7.45. The molecule has 3 aliphatic rings. The second-order valence-electron chi connectivity index (χ2n) is 9.03. The number of likely N-dealkylation sites (tertiary alicyclic amines) is 1. The summed E-state index contributed by atoms with van der Waals surface area (Å²) in [6, 6.07) is 22.0. The first kappa shape index (κ1) is 20.5. The van der Waals surface area contributed by atoms with Gasteiger partial charge in [-0.25, -0.2) is 9.18 Å². The molecule has 0 radical (unpaired) electrons. The fourth-order valence-corrected chi connectivity index (χ4v) is 6.19. The number of halogens is 1. The number of esters is 1. The van der Waals surface area contributed by atoms with Crippen LogP contribution in [0.5, 0.6) is 0 Å². The number of fused-ring (bicyclic) bond motifs is 2. The number of hydrogen-bond donors (Lipinski definition) is 0. The quantitative estimate of drug-likeness (QED) is 0.489. The fraction of sp³-hybridized carbons (Fsp3) is 0.259. The predicted octanol–water partition coefficient (Wildman–Crippen LogP) is 5.42. The number of rotatable bonds is 4. The summed E-state index contributed by atoms with van der Waals surface area (Å²) in [5, 5.41) is 0. The topological polar surface area (TPSA) is 46.6 Å². The molecule has 1 aliphatic carbocycles. The molecule has 3 aromatic carbocycles. The summed E-state index contributed by atoms with van der Waals surface area (Å²) in [7, 11) is 0. The summed E-state index contributed by atoms with van der Waals surface area (Å²) in [4.78, 5) is 28.8. The van der Waals surface area contributed by atoms with E-state index in [2.05, 4.69) is 0 Å². The molecule has 1 spiro atoms. The molecule has 0 N–H and O–H groups in total. The van der Waals surface area contributed by atoms with E-state index < -0.39 is 10.3 Å². The summed E-state index contributed by atoms with van der Waals surface area (Å²) < 4.78 is 18.6. The molecular weight excluding hydrogens is 437 g/mol. The molecule has 2 fully saturated rings. The molecule has 0 bridgehead atoms. The molecule has 2 aliphatic heterocycles. The molecule has 166 valence electrons. The summed E-state index contributed by atoms with van der Waals surface area (Å²) >= 11 is 1.62. The summed E-state index contributed by atoms with van der Waals surface area (Å²) in [5.41, 5.74) is 2.78. The zero-order chi connectivity index (χ0) is 22.6. The van der Waals surface area contributed by atoms with Crippen molar-refractivity contribution in [2.75, 3.05) is 13.1 Å². The zero-order valence-electron chi connectivity index (χ0n) is 17.9. The number of nitrogens with zero attached hydrogens (tertiary/aromatic N) is 1. The summed E-state index contributed by atoms with van der Waals surface area (Å²) in [6.45, 7) is 1.01. The van der Waals surface area contributed by atoms with E-state index in [0.717, 1.165) is 34.4 Å². The standard InChI is InChI=1S/C27H22FNO3S/c28-20-9-5-18(6-10-20)19-7-11-21(12-8-19)33-27(13-14-27)25(31)29-16-15-26(17-29)23-4-2-1-3-22(23)24(30)32-26/h1-12H,13-17H2. The Labute approximate surface area is 195 Å². The van der Waals surface area contributed by atoms with Crippen molar-refractivity contribution in [1.29, 1.82) is 0 Å². The van der Waals surface area contributed by atoms with E-state index in [0.29, 0.717) is 25.1 Å². The van der Waals surface area contributed by atoms with Gasteiger partial charge in [-0.15, -0.1) is 11.8 Å². The number of benzene rings is 3. The van der Waals surface area contributed by atoms with Gasteiger partial charge in [-0.3, -0.25) is 4.79 Å². The molecule has 1 atom stereocenters. The van der Waals surface area contributed by atoms with Crippen LogP contribution in [0.2, 0.25) is 0 Å². The van der Waals surface area contributed by atoms with E-state index in [1.165, 1.54) is 12.1 Å². The normalized spacial score (nSPS) is 22.3. The minimum absolute atomic E-state index is 0.132. The average molecular weight is 460 g/mol. The van der Waals surface area contributed by atoms with E-state index in [1.807, 2.05) is 47.4 Å². The van der Waals surface area contributed by atoms with Gasteiger partial charge in [0.05, 0.1) is 16.9 Å². The van der Waals surface area contributed by atoms with Crippen LogP contribution in [-0.4, -0.2) is 34.6 Å². The Kier molecular flexibility index (Phi) is 4.63. The summed E-state index contributed by atoms with van der Waals surface area (Å²) in [6.07, 6.45) is 2.32. The van der Waals surface area contributed by atoms with Gasteiger partial charge in [0.2, 0.25) is 5.91 Å². The van der Waals surface area contributed by atoms with Crippen LogP contribution in [-0.2, 0) is 15.1 Å². The van der Waals surface area contributed by atoms with Crippen molar-refractivity contribution in [3.8, 4) is 11.1 Å². The van der Waals surface area contributed by atoms with Crippen molar-refractivity contribution in [2.45, 2.75) is 34.5 Å². The Morgan fingerprint density at radius 2 is 1.58 bits per heavy atom. The van der Waals surface area contributed by atoms with Gasteiger partial charge in [0.15, 0.2) is 5.60 Å². The van der Waals surface area contributed by atoms with E-state index in [1.54, 1.807) is 30.0 Å². The number of hydrogen-bond acceptors (Lipinski definition) is 4. The Balaban J connectivity index is 1.17. The highest BCUT2D eigenvalue weighted by atomic mass is 32.2. The Hall–Kier alpha value is -3.12. The molecule has 33 heavy (non-hydrogen) atoms. The fourth-order valence-electron chi connectivity index (χ4n) is 4.95. The van der Waals surface area contributed by atoms with Crippen LogP contribution < -0.4 is 0 Å². The first-order valence-electron chi connectivity index (χ1n) is 11.2. The van der Waals surface area contributed by atoms with Crippen LogP contribution >= 0.6 is 11.8 Å².